The molecule has 0 atom stereocenters. The average molecular weight is 238 g/mol. The van der Waals surface area contributed by atoms with E-state index in [4.69, 9.17) is 4.98 Å². The molecule has 0 aromatic carbocycles. The first-order chi connectivity index (χ1) is 7.55. The maximum atomic E-state index is 4.70. The lowest BCUT2D eigenvalue weighted by Gasteiger charge is -2.26. The minimum Gasteiger partial charge on any atom is -0.314 e. The molecule has 1 heterocycles. The highest BCUT2D eigenvalue weighted by atomic mass is 32.1. The second-order valence-corrected chi connectivity index (χ2v) is 6.58. The maximum Gasteiger partial charge on any atom is 0.0981 e. The zero-order valence-electron chi connectivity index (χ0n) is 10.5. The van der Waals surface area contributed by atoms with E-state index in [1.54, 1.807) is 11.3 Å². The molecule has 1 fully saturated rings. The van der Waals surface area contributed by atoms with Crippen molar-refractivity contribution in [2.45, 2.75) is 57.9 Å². The van der Waals surface area contributed by atoms with Crippen molar-refractivity contribution in [1.29, 1.82) is 0 Å². The summed E-state index contributed by atoms with van der Waals surface area (Å²) in [5, 5.41) is 7.05. The van der Waals surface area contributed by atoms with Crippen molar-refractivity contribution >= 4 is 11.3 Å². The second-order valence-electron chi connectivity index (χ2n) is 5.73. The summed E-state index contributed by atoms with van der Waals surface area (Å²) in [5.41, 5.74) is 1.45. The predicted octanol–water partition coefficient (Wildman–Crippen LogP) is 3.13. The van der Waals surface area contributed by atoms with Crippen molar-refractivity contribution < 1.29 is 0 Å². The Bertz CT molecular complexity index is 334. The first-order valence-electron chi connectivity index (χ1n) is 6.24. The molecular formula is C13H22N2S. The number of nitrogens with one attached hydrogen (secondary N) is 1. The van der Waals surface area contributed by atoms with Gasteiger partial charge >= 0.3 is 0 Å². The maximum absolute atomic E-state index is 4.70. The Balaban J connectivity index is 1.78. The van der Waals surface area contributed by atoms with Gasteiger partial charge in [-0.15, -0.1) is 11.3 Å². The van der Waals surface area contributed by atoms with Gasteiger partial charge in [0.15, 0.2) is 0 Å². The van der Waals surface area contributed by atoms with Gasteiger partial charge in [-0.25, -0.2) is 4.98 Å². The Morgan fingerprint density at radius 3 is 2.69 bits per heavy atom. The summed E-state index contributed by atoms with van der Waals surface area (Å²) in [7, 11) is 0. The molecule has 16 heavy (non-hydrogen) atoms. The van der Waals surface area contributed by atoms with Crippen LogP contribution in [0.1, 0.15) is 50.7 Å². The summed E-state index contributed by atoms with van der Waals surface area (Å²) in [6, 6.07) is 0.792. The zero-order valence-corrected chi connectivity index (χ0v) is 11.4. The Kier molecular flexibility index (Phi) is 3.65. The van der Waals surface area contributed by atoms with Crippen LogP contribution in [0.2, 0.25) is 0 Å². The molecule has 90 valence electrons. The van der Waals surface area contributed by atoms with Gasteiger partial charge < -0.3 is 5.32 Å². The van der Waals surface area contributed by atoms with Crippen LogP contribution in [-0.2, 0) is 11.8 Å². The van der Waals surface area contributed by atoms with Crippen molar-refractivity contribution in [2.75, 3.05) is 6.54 Å². The topological polar surface area (TPSA) is 24.9 Å². The van der Waals surface area contributed by atoms with Crippen LogP contribution in [0, 0.1) is 0 Å². The molecule has 1 aliphatic rings. The fourth-order valence-electron chi connectivity index (χ4n) is 1.78. The van der Waals surface area contributed by atoms with Crippen LogP contribution in [0.5, 0.6) is 0 Å². The fraction of sp³-hybridized carbons (Fsp3) is 0.769. The van der Waals surface area contributed by atoms with Gasteiger partial charge in [0.05, 0.1) is 10.7 Å². The van der Waals surface area contributed by atoms with E-state index in [1.807, 2.05) is 0 Å². The van der Waals surface area contributed by atoms with Gasteiger partial charge in [-0.1, -0.05) is 27.2 Å². The van der Waals surface area contributed by atoms with Gasteiger partial charge in [-0.3, -0.25) is 0 Å². The van der Waals surface area contributed by atoms with Crippen LogP contribution in [0.15, 0.2) is 5.38 Å². The number of nitrogens with zero attached hydrogens (tertiary/aromatic N) is 1. The summed E-state index contributed by atoms with van der Waals surface area (Å²) in [4.78, 5) is 4.70. The third-order valence-corrected chi connectivity index (χ3v) is 4.43. The molecule has 1 aromatic heterocycles. The summed E-state index contributed by atoms with van der Waals surface area (Å²) in [5.74, 6) is 0. The Labute approximate surface area is 102 Å². The van der Waals surface area contributed by atoms with Crippen LogP contribution in [-0.4, -0.2) is 17.6 Å². The molecular weight excluding hydrogens is 216 g/mol. The quantitative estimate of drug-likeness (QED) is 0.871. The van der Waals surface area contributed by atoms with E-state index in [2.05, 4.69) is 31.5 Å². The van der Waals surface area contributed by atoms with Crippen LogP contribution >= 0.6 is 11.3 Å². The van der Waals surface area contributed by atoms with E-state index in [-0.39, 0.29) is 5.41 Å². The molecule has 0 unspecified atom stereocenters. The van der Waals surface area contributed by atoms with E-state index in [1.165, 1.54) is 30.0 Å². The van der Waals surface area contributed by atoms with Gasteiger partial charge in [0, 0.05) is 29.8 Å². The predicted molar refractivity (Wildman–Crippen MR) is 70.2 cm³/mol. The molecule has 1 saturated carbocycles. The van der Waals surface area contributed by atoms with Crippen molar-refractivity contribution in [3.05, 3.63) is 16.1 Å². The van der Waals surface area contributed by atoms with Gasteiger partial charge in [0.1, 0.15) is 0 Å². The Hall–Kier alpha value is -0.410. The van der Waals surface area contributed by atoms with Crippen LogP contribution < -0.4 is 5.32 Å². The van der Waals surface area contributed by atoms with Gasteiger partial charge in [0.25, 0.3) is 0 Å². The van der Waals surface area contributed by atoms with E-state index >= 15 is 0 Å². The molecule has 3 heteroatoms. The molecule has 1 N–H and O–H groups in total. The molecule has 0 spiro atoms. The lowest BCUT2D eigenvalue weighted by atomic mass is 9.93. The molecule has 0 bridgehead atoms. The van der Waals surface area contributed by atoms with Crippen LogP contribution in [0.3, 0.4) is 0 Å². The van der Waals surface area contributed by atoms with E-state index in [0.29, 0.717) is 0 Å². The minimum absolute atomic E-state index is 0.199. The van der Waals surface area contributed by atoms with E-state index in [0.717, 1.165) is 19.0 Å². The van der Waals surface area contributed by atoms with Gasteiger partial charge in [-0.2, -0.15) is 0 Å². The largest absolute Gasteiger partial charge is 0.314 e. The third kappa shape index (κ3) is 3.05. The van der Waals surface area contributed by atoms with Crippen LogP contribution in [0.25, 0.3) is 0 Å². The van der Waals surface area contributed by atoms with Crippen molar-refractivity contribution in [1.82, 2.24) is 10.3 Å². The summed E-state index contributed by atoms with van der Waals surface area (Å²) in [6.45, 7) is 7.75. The molecule has 1 aromatic rings. The number of hydrogen-bond donors (Lipinski definition) is 1. The first-order valence-corrected chi connectivity index (χ1v) is 7.12. The van der Waals surface area contributed by atoms with Gasteiger partial charge in [-0.05, 0) is 12.8 Å². The molecule has 0 radical (unpaired) electrons. The molecule has 1 aliphatic carbocycles. The van der Waals surface area contributed by atoms with E-state index < -0.39 is 0 Å². The van der Waals surface area contributed by atoms with Gasteiger partial charge in [0.2, 0.25) is 0 Å². The monoisotopic (exact) mass is 238 g/mol. The Morgan fingerprint density at radius 2 is 2.19 bits per heavy atom. The zero-order chi connectivity index (χ0) is 11.6. The van der Waals surface area contributed by atoms with Crippen molar-refractivity contribution in [3.63, 3.8) is 0 Å². The standard InChI is InChI=1S/C13H22N2S/c1-13(2,3)12-15-11(9-16-12)7-8-14-10-5-4-6-10/h9-10,14H,4-8H2,1-3H3. The first kappa shape index (κ1) is 12.1. The molecule has 0 aliphatic heterocycles. The number of rotatable bonds is 4. The fourth-order valence-corrected chi connectivity index (χ4v) is 2.72. The number of hydrogen-bond acceptors (Lipinski definition) is 3. The number of aromatic nitrogens is 1. The highest BCUT2D eigenvalue weighted by Gasteiger charge is 2.18. The Morgan fingerprint density at radius 1 is 1.44 bits per heavy atom. The highest BCUT2D eigenvalue weighted by Crippen LogP contribution is 2.25. The third-order valence-electron chi connectivity index (χ3n) is 3.11. The van der Waals surface area contributed by atoms with E-state index in [9.17, 15) is 0 Å². The normalized spacial score (nSPS) is 17.4. The smallest absolute Gasteiger partial charge is 0.0981 e. The second kappa shape index (κ2) is 4.84. The molecule has 2 nitrogen and oxygen atoms in total. The van der Waals surface area contributed by atoms with Crippen molar-refractivity contribution in [3.8, 4) is 0 Å². The summed E-state index contributed by atoms with van der Waals surface area (Å²) in [6.07, 6.45) is 5.21. The molecule has 2 rings (SSSR count). The SMILES string of the molecule is CC(C)(C)c1nc(CCNC2CCC2)cs1. The van der Waals surface area contributed by atoms with Crippen LogP contribution in [0.4, 0.5) is 0 Å². The lowest BCUT2D eigenvalue weighted by Crippen LogP contribution is -2.36. The lowest BCUT2D eigenvalue weighted by molar-refractivity contribution is 0.341. The highest BCUT2D eigenvalue weighted by molar-refractivity contribution is 7.09. The minimum atomic E-state index is 0.199. The molecule has 0 amide bonds. The summed E-state index contributed by atoms with van der Waals surface area (Å²) < 4.78 is 0. The average Bonchev–Trinajstić information content (AvgIpc) is 2.56. The number of thiazole rings is 1. The van der Waals surface area contributed by atoms with Crippen molar-refractivity contribution in [2.24, 2.45) is 0 Å². The molecule has 0 saturated heterocycles. The summed E-state index contributed by atoms with van der Waals surface area (Å²) >= 11 is 1.80.